The zero-order chi connectivity index (χ0) is 16.2. The summed E-state index contributed by atoms with van der Waals surface area (Å²) < 4.78 is 10.6. The van der Waals surface area contributed by atoms with Gasteiger partial charge in [-0.2, -0.15) is 0 Å². The van der Waals surface area contributed by atoms with E-state index in [0.717, 1.165) is 31.2 Å². The Morgan fingerprint density at radius 2 is 1.91 bits per heavy atom. The van der Waals surface area contributed by atoms with Gasteiger partial charge in [-0.1, -0.05) is 18.9 Å². The van der Waals surface area contributed by atoms with Crippen LogP contribution in [0.3, 0.4) is 0 Å². The Hall–Kier alpha value is -1.75. The van der Waals surface area contributed by atoms with E-state index in [0.29, 0.717) is 18.0 Å². The first kappa shape index (κ1) is 16.6. The van der Waals surface area contributed by atoms with Crippen LogP contribution in [-0.2, 0) is 4.79 Å². The molecule has 5 heteroatoms. The van der Waals surface area contributed by atoms with E-state index in [-0.39, 0.29) is 17.4 Å². The number of benzene rings is 1. The second-order valence-corrected chi connectivity index (χ2v) is 6.00. The van der Waals surface area contributed by atoms with Gasteiger partial charge in [-0.15, -0.1) is 0 Å². The molecule has 0 bridgehead atoms. The molecule has 0 aliphatic heterocycles. The summed E-state index contributed by atoms with van der Waals surface area (Å²) >= 11 is 0. The Morgan fingerprint density at radius 1 is 1.27 bits per heavy atom. The molecule has 0 saturated heterocycles. The Bertz CT molecular complexity index is 525. The molecule has 0 radical (unpaired) electrons. The normalized spacial score (nSPS) is 17.8. The number of rotatable bonds is 6. The van der Waals surface area contributed by atoms with Crippen LogP contribution in [0.4, 0.5) is 0 Å². The average molecular weight is 306 g/mol. The van der Waals surface area contributed by atoms with Crippen LogP contribution >= 0.6 is 0 Å². The molecular weight excluding hydrogens is 280 g/mol. The van der Waals surface area contributed by atoms with Gasteiger partial charge in [0.1, 0.15) is 0 Å². The van der Waals surface area contributed by atoms with Crippen LogP contribution in [-0.4, -0.2) is 26.7 Å². The van der Waals surface area contributed by atoms with Crippen LogP contribution in [0, 0.1) is 5.41 Å². The molecule has 1 aromatic carbocycles. The maximum Gasteiger partial charge on any atom is 0.227 e. The van der Waals surface area contributed by atoms with Gasteiger partial charge < -0.3 is 20.5 Å². The standard InChI is InChI=1S/C17H26N2O3/c1-12(13-6-7-14(21-2)15(10-13)22-3)19-16(20)17(11-18)8-4-5-9-17/h6-7,10,12H,4-5,8-9,11,18H2,1-3H3,(H,19,20). The van der Waals surface area contributed by atoms with Crippen molar-refractivity contribution in [2.75, 3.05) is 20.8 Å². The van der Waals surface area contributed by atoms with Crippen molar-refractivity contribution in [2.24, 2.45) is 11.1 Å². The van der Waals surface area contributed by atoms with Crippen molar-refractivity contribution in [3.8, 4) is 11.5 Å². The number of methoxy groups -OCH3 is 2. The molecule has 1 aliphatic carbocycles. The third-order valence-electron chi connectivity index (χ3n) is 4.69. The smallest absolute Gasteiger partial charge is 0.227 e. The number of hydrogen-bond donors (Lipinski definition) is 2. The molecule has 22 heavy (non-hydrogen) atoms. The third-order valence-corrected chi connectivity index (χ3v) is 4.69. The minimum absolute atomic E-state index is 0.0646. The van der Waals surface area contributed by atoms with E-state index in [1.807, 2.05) is 25.1 Å². The van der Waals surface area contributed by atoms with E-state index in [4.69, 9.17) is 15.2 Å². The molecule has 3 N–H and O–H groups in total. The predicted octanol–water partition coefficient (Wildman–Crippen LogP) is 2.40. The fraction of sp³-hybridized carbons (Fsp3) is 0.588. The van der Waals surface area contributed by atoms with E-state index < -0.39 is 0 Å². The van der Waals surface area contributed by atoms with Crippen molar-refractivity contribution >= 4 is 5.91 Å². The van der Waals surface area contributed by atoms with Crippen LogP contribution in [0.25, 0.3) is 0 Å². The molecule has 1 unspecified atom stereocenters. The molecule has 1 aromatic rings. The van der Waals surface area contributed by atoms with Gasteiger partial charge in [0.25, 0.3) is 0 Å². The van der Waals surface area contributed by atoms with Gasteiger partial charge in [0.05, 0.1) is 25.7 Å². The summed E-state index contributed by atoms with van der Waals surface area (Å²) in [6, 6.07) is 5.59. The van der Waals surface area contributed by atoms with Crippen molar-refractivity contribution in [3.63, 3.8) is 0 Å². The van der Waals surface area contributed by atoms with Crippen LogP contribution in [0.1, 0.15) is 44.2 Å². The molecular formula is C17H26N2O3. The first-order valence-corrected chi connectivity index (χ1v) is 7.79. The Morgan fingerprint density at radius 3 is 2.45 bits per heavy atom. The van der Waals surface area contributed by atoms with Gasteiger partial charge in [-0.3, -0.25) is 4.79 Å². The van der Waals surface area contributed by atoms with Gasteiger partial charge in [0.15, 0.2) is 11.5 Å². The van der Waals surface area contributed by atoms with Crippen LogP contribution in [0.15, 0.2) is 18.2 Å². The zero-order valence-electron chi connectivity index (χ0n) is 13.6. The number of nitrogens with one attached hydrogen (secondary N) is 1. The number of amides is 1. The summed E-state index contributed by atoms with van der Waals surface area (Å²) in [7, 11) is 3.21. The van der Waals surface area contributed by atoms with Gasteiger partial charge in [0, 0.05) is 6.54 Å². The van der Waals surface area contributed by atoms with E-state index in [9.17, 15) is 4.79 Å². The molecule has 0 aromatic heterocycles. The molecule has 1 fully saturated rings. The lowest BCUT2D eigenvalue weighted by atomic mass is 9.85. The number of ether oxygens (including phenoxy) is 2. The Kier molecular flexibility index (Phi) is 5.29. The highest BCUT2D eigenvalue weighted by atomic mass is 16.5. The molecule has 1 saturated carbocycles. The summed E-state index contributed by atoms with van der Waals surface area (Å²) in [6.07, 6.45) is 3.92. The highest BCUT2D eigenvalue weighted by molar-refractivity contribution is 5.83. The van der Waals surface area contributed by atoms with Crippen molar-refractivity contribution in [1.29, 1.82) is 0 Å². The fourth-order valence-corrected chi connectivity index (χ4v) is 3.13. The van der Waals surface area contributed by atoms with Gasteiger partial charge in [-0.05, 0) is 37.5 Å². The highest BCUT2D eigenvalue weighted by Gasteiger charge is 2.40. The minimum Gasteiger partial charge on any atom is -0.493 e. The Labute approximate surface area is 132 Å². The number of carbonyl (C=O) groups excluding carboxylic acids is 1. The van der Waals surface area contributed by atoms with E-state index in [1.54, 1.807) is 14.2 Å². The van der Waals surface area contributed by atoms with Crippen LogP contribution in [0.5, 0.6) is 11.5 Å². The highest BCUT2D eigenvalue weighted by Crippen LogP contribution is 2.38. The van der Waals surface area contributed by atoms with Crippen molar-refractivity contribution in [1.82, 2.24) is 5.32 Å². The van der Waals surface area contributed by atoms with Crippen LogP contribution < -0.4 is 20.5 Å². The van der Waals surface area contributed by atoms with E-state index in [1.165, 1.54) is 0 Å². The fourth-order valence-electron chi connectivity index (χ4n) is 3.13. The summed E-state index contributed by atoms with van der Waals surface area (Å²) in [5.41, 5.74) is 6.47. The third kappa shape index (κ3) is 3.19. The molecule has 0 spiro atoms. The lowest BCUT2D eigenvalue weighted by Crippen LogP contribution is -2.44. The molecule has 1 aliphatic rings. The van der Waals surface area contributed by atoms with Gasteiger partial charge in [0.2, 0.25) is 5.91 Å². The maximum atomic E-state index is 12.6. The number of nitrogens with two attached hydrogens (primary N) is 1. The topological polar surface area (TPSA) is 73.6 Å². The zero-order valence-corrected chi connectivity index (χ0v) is 13.6. The molecule has 5 nitrogen and oxygen atoms in total. The summed E-state index contributed by atoms with van der Waals surface area (Å²) in [5, 5.41) is 3.10. The van der Waals surface area contributed by atoms with Crippen LogP contribution in [0.2, 0.25) is 0 Å². The molecule has 2 rings (SSSR count). The summed E-state index contributed by atoms with van der Waals surface area (Å²) in [4.78, 5) is 12.6. The first-order chi connectivity index (χ1) is 10.6. The lowest BCUT2D eigenvalue weighted by molar-refractivity contribution is -0.131. The van der Waals surface area contributed by atoms with Gasteiger partial charge >= 0.3 is 0 Å². The second kappa shape index (κ2) is 7.01. The SMILES string of the molecule is COc1ccc(C(C)NC(=O)C2(CN)CCCC2)cc1OC. The number of hydrogen-bond acceptors (Lipinski definition) is 4. The molecule has 0 heterocycles. The van der Waals surface area contributed by atoms with E-state index in [2.05, 4.69) is 5.32 Å². The minimum atomic E-state index is -0.384. The number of carbonyl (C=O) groups is 1. The largest absolute Gasteiger partial charge is 0.493 e. The Balaban J connectivity index is 2.11. The molecule has 122 valence electrons. The van der Waals surface area contributed by atoms with Crippen molar-refractivity contribution in [2.45, 2.75) is 38.6 Å². The quantitative estimate of drug-likeness (QED) is 0.846. The molecule has 1 atom stereocenters. The lowest BCUT2D eigenvalue weighted by Gasteiger charge is -2.28. The maximum absolute atomic E-state index is 12.6. The monoisotopic (exact) mass is 306 g/mol. The second-order valence-electron chi connectivity index (χ2n) is 6.00. The first-order valence-electron chi connectivity index (χ1n) is 7.79. The van der Waals surface area contributed by atoms with Gasteiger partial charge in [-0.25, -0.2) is 0 Å². The van der Waals surface area contributed by atoms with E-state index >= 15 is 0 Å². The summed E-state index contributed by atoms with van der Waals surface area (Å²) in [5.74, 6) is 1.41. The van der Waals surface area contributed by atoms with Crippen molar-refractivity contribution < 1.29 is 14.3 Å². The predicted molar refractivity (Wildman–Crippen MR) is 86.1 cm³/mol. The summed E-state index contributed by atoms with van der Waals surface area (Å²) in [6.45, 7) is 2.38. The van der Waals surface area contributed by atoms with Crippen molar-refractivity contribution in [3.05, 3.63) is 23.8 Å². The average Bonchev–Trinajstić information content (AvgIpc) is 3.04. The molecule has 1 amide bonds.